The van der Waals surface area contributed by atoms with Gasteiger partial charge < -0.3 is 14.9 Å². The van der Waals surface area contributed by atoms with E-state index in [1.54, 1.807) is 6.92 Å². The van der Waals surface area contributed by atoms with Gasteiger partial charge in [-0.3, -0.25) is 4.79 Å². The molecular formula is C20H26O5. The molecule has 1 saturated carbocycles. The molecule has 136 valence electrons. The van der Waals surface area contributed by atoms with Gasteiger partial charge in [0.1, 0.15) is 5.75 Å². The lowest BCUT2D eigenvalue weighted by Gasteiger charge is -2.49. The van der Waals surface area contributed by atoms with Gasteiger partial charge in [-0.2, -0.15) is 0 Å². The van der Waals surface area contributed by atoms with Gasteiger partial charge in [-0.25, -0.2) is 4.79 Å². The molecule has 0 saturated heterocycles. The maximum atomic E-state index is 13.2. The van der Waals surface area contributed by atoms with E-state index in [-0.39, 0.29) is 23.1 Å². The third-order valence-electron chi connectivity index (χ3n) is 6.46. The van der Waals surface area contributed by atoms with Gasteiger partial charge in [-0.15, -0.1) is 0 Å². The molecule has 3 rings (SSSR count). The average Bonchev–Trinajstić information content (AvgIpc) is 2.90. The highest BCUT2D eigenvalue weighted by Gasteiger charge is 2.69. The molecular weight excluding hydrogens is 320 g/mol. The highest BCUT2D eigenvalue weighted by molar-refractivity contribution is 6.19. The Balaban J connectivity index is 2.36. The summed E-state index contributed by atoms with van der Waals surface area (Å²) in [5, 5.41) is 21.8. The molecule has 4 atom stereocenters. The van der Waals surface area contributed by atoms with Gasteiger partial charge in [0.05, 0.1) is 12.7 Å². The summed E-state index contributed by atoms with van der Waals surface area (Å²) >= 11 is 0. The number of fused-ring (bicyclic) bond motifs is 3. The predicted octanol–water partition coefficient (Wildman–Crippen LogP) is 2.96. The second-order valence-electron chi connectivity index (χ2n) is 8.12. The maximum Gasteiger partial charge on any atom is 0.346 e. The number of phenols is 1. The molecule has 0 radical (unpaired) electrons. The predicted molar refractivity (Wildman–Crippen MR) is 92.6 cm³/mol. The smallest absolute Gasteiger partial charge is 0.346 e. The summed E-state index contributed by atoms with van der Waals surface area (Å²) < 4.78 is 4.82. The number of esters is 1. The molecule has 0 unspecified atom stereocenters. The topological polar surface area (TPSA) is 83.8 Å². The number of ketones is 1. The van der Waals surface area contributed by atoms with Crippen molar-refractivity contribution in [1.82, 2.24) is 0 Å². The van der Waals surface area contributed by atoms with E-state index in [1.165, 1.54) is 13.2 Å². The summed E-state index contributed by atoms with van der Waals surface area (Å²) in [6, 6.07) is 3.41. The Hall–Kier alpha value is -1.88. The number of phenolic OH excluding ortho intramolecular Hbond substituents is 1. The number of aryl methyl sites for hydroxylation is 1. The van der Waals surface area contributed by atoms with Gasteiger partial charge in [-0.1, -0.05) is 26.8 Å². The lowest BCUT2D eigenvalue weighted by molar-refractivity contribution is -0.171. The SMILES string of the molecule is COC(=O)[C@]1(O)C(=O)c2c(O)cc(C)cc2[C@@H]2[C@@H](C(C)C)CC[C@]21C. The van der Waals surface area contributed by atoms with Crippen molar-refractivity contribution in [2.45, 2.75) is 52.1 Å². The minimum atomic E-state index is -2.28. The number of methoxy groups -OCH3 is 1. The minimum absolute atomic E-state index is 0.0634. The molecule has 0 spiro atoms. The molecule has 1 aromatic rings. The zero-order valence-electron chi connectivity index (χ0n) is 15.4. The second kappa shape index (κ2) is 5.56. The fourth-order valence-electron chi connectivity index (χ4n) is 5.16. The molecule has 0 aromatic heterocycles. The third kappa shape index (κ3) is 2.11. The number of benzene rings is 1. The van der Waals surface area contributed by atoms with Crippen LogP contribution in [0.3, 0.4) is 0 Å². The zero-order valence-corrected chi connectivity index (χ0v) is 15.4. The Morgan fingerprint density at radius 2 is 2.00 bits per heavy atom. The lowest BCUT2D eigenvalue weighted by Crippen LogP contribution is -2.63. The molecule has 2 aliphatic carbocycles. The number of Topliss-reactive ketones (excluding diaryl/α,β-unsaturated/α-hetero) is 1. The van der Waals surface area contributed by atoms with E-state index >= 15 is 0 Å². The summed E-state index contributed by atoms with van der Waals surface area (Å²) in [5.74, 6) is -1.56. The van der Waals surface area contributed by atoms with Gasteiger partial charge in [0, 0.05) is 5.41 Å². The Morgan fingerprint density at radius 1 is 1.36 bits per heavy atom. The summed E-state index contributed by atoms with van der Waals surface area (Å²) in [7, 11) is 1.17. The first-order valence-electron chi connectivity index (χ1n) is 8.78. The number of hydrogen-bond acceptors (Lipinski definition) is 5. The van der Waals surface area contributed by atoms with Crippen LogP contribution in [0.5, 0.6) is 5.75 Å². The van der Waals surface area contributed by atoms with Crippen LogP contribution in [-0.2, 0) is 9.53 Å². The molecule has 1 fully saturated rings. The van der Waals surface area contributed by atoms with Crippen LogP contribution in [0.2, 0.25) is 0 Å². The van der Waals surface area contributed by atoms with Crippen molar-refractivity contribution in [3.63, 3.8) is 0 Å². The van der Waals surface area contributed by atoms with E-state index in [9.17, 15) is 19.8 Å². The molecule has 2 aliphatic rings. The molecule has 0 bridgehead atoms. The van der Waals surface area contributed by atoms with Crippen molar-refractivity contribution in [3.05, 3.63) is 28.8 Å². The van der Waals surface area contributed by atoms with Crippen LogP contribution in [0.1, 0.15) is 61.0 Å². The van der Waals surface area contributed by atoms with Crippen molar-refractivity contribution in [2.24, 2.45) is 17.3 Å². The Kier molecular flexibility index (Phi) is 3.99. The summed E-state index contributed by atoms with van der Waals surface area (Å²) in [6.07, 6.45) is 1.35. The monoisotopic (exact) mass is 346 g/mol. The van der Waals surface area contributed by atoms with Crippen molar-refractivity contribution in [3.8, 4) is 5.75 Å². The van der Waals surface area contributed by atoms with Crippen molar-refractivity contribution < 1.29 is 24.5 Å². The second-order valence-corrected chi connectivity index (χ2v) is 8.12. The normalized spacial score (nSPS) is 34.0. The number of rotatable bonds is 2. The Morgan fingerprint density at radius 3 is 2.56 bits per heavy atom. The molecule has 1 aromatic carbocycles. The molecule has 0 heterocycles. The maximum absolute atomic E-state index is 13.2. The van der Waals surface area contributed by atoms with Crippen LogP contribution >= 0.6 is 0 Å². The van der Waals surface area contributed by atoms with Gasteiger partial charge in [0.25, 0.3) is 0 Å². The van der Waals surface area contributed by atoms with E-state index in [2.05, 4.69) is 13.8 Å². The van der Waals surface area contributed by atoms with E-state index in [0.717, 1.165) is 17.5 Å². The van der Waals surface area contributed by atoms with Gasteiger partial charge in [-0.05, 0) is 54.7 Å². The summed E-state index contributed by atoms with van der Waals surface area (Å²) in [4.78, 5) is 25.7. The van der Waals surface area contributed by atoms with E-state index in [0.29, 0.717) is 12.3 Å². The first-order chi connectivity index (χ1) is 11.6. The fraction of sp³-hybridized carbons (Fsp3) is 0.600. The highest BCUT2D eigenvalue weighted by atomic mass is 16.5. The number of aliphatic hydroxyl groups is 1. The van der Waals surface area contributed by atoms with Crippen LogP contribution in [0.25, 0.3) is 0 Å². The fourth-order valence-corrected chi connectivity index (χ4v) is 5.16. The lowest BCUT2D eigenvalue weighted by atomic mass is 9.55. The molecule has 2 N–H and O–H groups in total. The number of aromatic hydroxyl groups is 1. The highest BCUT2D eigenvalue weighted by Crippen LogP contribution is 2.64. The van der Waals surface area contributed by atoms with E-state index in [4.69, 9.17) is 4.74 Å². The number of ether oxygens (including phenoxy) is 1. The first-order valence-corrected chi connectivity index (χ1v) is 8.78. The van der Waals surface area contributed by atoms with Crippen molar-refractivity contribution in [2.75, 3.05) is 7.11 Å². The van der Waals surface area contributed by atoms with Gasteiger partial charge in [0.15, 0.2) is 0 Å². The average molecular weight is 346 g/mol. The Bertz CT molecular complexity index is 753. The van der Waals surface area contributed by atoms with Crippen LogP contribution in [-0.4, -0.2) is 34.7 Å². The molecule has 5 heteroatoms. The quantitative estimate of drug-likeness (QED) is 0.635. The number of carbonyl (C=O) groups is 2. The summed E-state index contributed by atoms with van der Waals surface area (Å²) in [5.41, 5.74) is -1.58. The molecule has 5 nitrogen and oxygen atoms in total. The van der Waals surface area contributed by atoms with Crippen LogP contribution < -0.4 is 0 Å². The van der Waals surface area contributed by atoms with Gasteiger partial charge in [0.2, 0.25) is 11.4 Å². The third-order valence-corrected chi connectivity index (χ3v) is 6.46. The summed E-state index contributed by atoms with van der Waals surface area (Å²) in [6.45, 7) is 7.89. The van der Waals surface area contributed by atoms with Crippen LogP contribution in [0.15, 0.2) is 12.1 Å². The van der Waals surface area contributed by atoms with E-state index < -0.39 is 22.8 Å². The minimum Gasteiger partial charge on any atom is -0.507 e. The van der Waals surface area contributed by atoms with Crippen LogP contribution in [0, 0.1) is 24.2 Å². The molecule has 0 aliphatic heterocycles. The zero-order chi connectivity index (χ0) is 18.7. The Labute approximate surface area is 148 Å². The standard InChI is InChI=1S/C20H26O5/c1-10(2)12-6-7-19(4)16(12)13-8-11(3)9-14(21)15(13)17(22)20(19,24)18(23)25-5/h8-10,12,16,21,24H,6-7H2,1-5H3/t12-,16+,19-,20-/m1/s1. The molecule has 0 amide bonds. The van der Waals surface area contributed by atoms with Crippen LogP contribution in [0.4, 0.5) is 0 Å². The first kappa shape index (κ1) is 17.9. The van der Waals surface area contributed by atoms with Crippen molar-refractivity contribution in [1.29, 1.82) is 0 Å². The largest absolute Gasteiger partial charge is 0.507 e. The number of carbonyl (C=O) groups excluding carboxylic acids is 2. The van der Waals surface area contributed by atoms with Gasteiger partial charge >= 0.3 is 5.97 Å². The van der Waals surface area contributed by atoms with E-state index in [1.807, 2.05) is 13.0 Å². The molecule has 25 heavy (non-hydrogen) atoms. The number of hydrogen-bond donors (Lipinski definition) is 2. The van der Waals surface area contributed by atoms with Crippen molar-refractivity contribution >= 4 is 11.8 Å².